The maximum atomic E-state index is 12.6. The first-order valence-electron chi connectivity index (χ1n) is 8.37. The highest BCUT2D eigenvalue weighted by molar-refractivity contribution is 9.11. The Morgan fingerprint density at radius 1 is 1.21 bits per heavy atom. The predicted molar refractivity (Wildman–Crippen MR) is 118 cm³/mol. The van der Waals surface area contributed by atoms with Crippen LogP contribution in [0, 0.1) is 10.1 Å². The smallest absolute Gasteiger partial charge is 0.295 e. The summed E-state index contributed by atoms with van der Waals surface area (Å²) < 4.78 is 27.3. The maximum Gasteiger partial charge on any atom is 0.295 e. The lowest BCUT2D eigenvalue weighted by atomic mass is 10.2. The van der Waals surface area contributed by atoms with Crippen molar-refractivity contribution in [3.8, 4) is 5.75 Å². The number of anilines is 1. The van der Waals surface area contributed by atoms with E-state index in [9.17, 15) is 23.6 Å². The Hall–Kier alpha value is -2.02. The molecule has 0 heterocycles. The Morgan fingerprint density at radius 3 is 2.31 bits per heavy atom. The highest BCUT2D eigenvalue weighted by atomic mass is 79.9. The van der Waals surface area contributed by atoms with Gasteiger partial charge in [0.05, 0.1) is 25.0 Å². The van der Waals surface area contributed by atoms with Crippen LogP contribution in [0.25, 0.3) is 0 Å². The molecule has 0 amide bonds. The van der Waals surface area contributed by atoms with Crippen LogP contribution in [-0.4, -0.2) is 42.1 Å². The fraction of sp³-hybridized carbons (Fsp3) is 0.235. The second kappa shape index (κ2) is 9.65. The van der Waals surface area contributed by atoms with Crippen molar-refractivity contribution in [3.63, 3.8) is 0 Å². The first-order chi connectivity index (χ1) is 13.6. The molecule has 2 rings (SSSR count). The molecule has 2 N–H and O–H groups in total. The zero-order chi connectivity index (χ0) is 21.8. The average Bonchev–Trinajstić information content (AvgIpc) is 2.66. The number of nitrogens with zero attached hydrogens (tertiary/aromatic N) is 3. The molecule has 0 bridgehead atoms. The number of phenols is 1. The van der Waals surface area contributed by atoms with Gasteiger partial charge >= 0.3 is 0 Å². The number of nitrogens with one attached hydrogen (secondary N) is 1. The van der Waals surface area contributed by atoms with Crippen molar-refractivity contribution in [2.75, 3.05) is 18.5 Å². The van der Waals surface area contributed by atoms with Gasteiger partial charge in [-0.2, -0.15) is 9.41 Å². The molecule has 0 aliphatic heterocycles. The Kier molecular flexibility index (Phi) is 7.74. The third kappa shape index (κ3) is 5.32. The summed E-state index contributed by atoms with van der Waals surface area (Å²) in [5.74, 6) is 0.0377. The first kappa shape index (κ1) is 23.3. The van der Waals surface area contributed by atoms with Crippen molar-refractivity contribution >= 4 is 59.5 Å². The van der Waals surface area contributed by atoms with E-state index in [1.54, 1.807) is 26.0 Å². The van der Waals surface area contributed by atoms with Gasteiger partial charge in [-0.1, -0.05) is 13.8 Å². The van der Waals surface area contributed by atoms with E-state index in [1.165, 1.54) is 22.7 Å². The summed E-state index contributed by atoms with van der Waals surface area (Å²) in [6.45, 7) is 3.91. The number of halogens is 2. The van der Waals surface area contributed by atoms with Gasteiger partial charge in [0.1, 0.15) is 11.4 Å². The topological polar surface area (TPSA) is 125 Å². The second-order valence-electron chi connectivity index (χ2n) is 5.73. The fourth-order valence-electron chi connectivity index (χ4n) is 2.47. The molecule has 0 atom stereocenters. The predicted octanol–water partition coefficient (Wildman–Crippen LogP) is 4.30. The van der Waals surface area contributed by atoms with Gasteiger partial charge in [-0.05, 0) is 61.7 Å². The fourth-order valence-corrected chi connectivity index (χ4v) is 5.17. The molecule has 0 saturated heterocycles. The third-order valence-electron chi connectivity index (χ3n) is 3.95. The zero-order valence-electron chi connectivity index (χ0n) is 15.5. The number of rotatable bonds is 8. The standard InChI is InChI=1S/C17H18Br2N4O5S/c1-3-22(4-2)29(27,28)12-5-6-15(16(9-12)23(25)26)21-20-10-11-7-13(18)17(24)14(19)8-11/h5-10,21,24H,3-4H2,1-2H3/b20-10+. The number of nitro groups is 1. The minimum absolute atomic E-state index is 0.0377. The number of hydrazone groups is 1. The van der Waals surface area contributed by atoms with E-state index < -0.39 is 20.6 Å². The molecule has 29 heavy (non-hydrogen) atoms. The van der Waals surface area contributed by atoms with Crippen LogP contribution >= 0.6 is 31.9 Å². The molecule has 0 aliphatic carbocycles. The lowest BCUT2D eigenvalue weighted by Crippen LogP contribution is -2.30. The summed E-state index contributed by atoms with van der Waals surface area (Å²) in [4.78, 5) is 10.6. The Morgan fingerprint density at radius 2 is 1.79 bits per heavy atom. The SMILES string of the molecule is CCN(CC)S(=O)(=O)c1ccc(N/N=C/c2cc(Br)c(O)c(Br)c2)c([N+](=O)[O-])c1. The van der Waals surface area contributed by atoms with E-state index in [0.717, 1.165) is 6.07 Å². The van der Waals surface area contributed by atoms with Crippen molar-refractivity contribution in [3.05, 3.63) is 55.0 Å². The zero-order valence-corrected chi connectivity index (χ0v) is 19.5. The molecule has 12 heteroatoms. The molecule has 0 unspecified atom stereocenters. The molecule has 0 aliphatic rings. The molecule has 2 aromatic rings. The van der Waals surface area contributed by atoms with Gasteiger partial charge in [0.25, 0.3) is 5.69 Å². The Bertz CT molecular complexity index is 1030. The van der Waals surface area contributed by atoms with Crippen LogP contribution in [0.2, 0.25) is 0 Å². The van der Waals surface area contributed by atoms with Gasteiger partial charge in [0, 0.05) is 19.2 Å². The van der Waals surface area contributed by atoms with Crippen LogP contribution in [0.1, 0.15) is 19.4 Å². The molecule has 156 valence electrons. The Labute approximate surface area is 184 Å². The molecular formula is C17H18Br2N4O5S. The first-order valence-corrected chi connectivity index (χ1v) is 11.4. The molecule has 0 saturated carbocycles. The number of phenolic OH excluding ortho intramolecular Hbond substituents is 1. The number of nitro benzene ring substituents is 1. The number of aromatic hydroxyl groups is 1. The Balaban J connectivity index is 2.34. The van der Waals surface area contributed by atoms with Crippen LogP contribution in [-0.2, 0) is 10.0 Å². The number of hydrogen-bond acceptors (Lipinski definition) is 7. The summed E-state index contributed by atoms with van der Waals surface area (Å²) in [7, 11) is -3.82. The highest BCUT2D eigenvalue weighted by Gasteiger charge is 2.25. The molecule has 0 radical (unpaired) electrons. The molecule has 0 spiro atoms. The largest absolute Gasteiger partial charge is 0.506 e. The monoisotopic (exact) mass is 548 g/mol. The summed E-state index contributed by atoms with van der Waals surface area (Å²) >= 11 is 6.40. The maximum absolute atomic E-state index is 12.6. The lowest BCUT2D eigenvalue weighted by molar-refractivity contribution is -0.384. The number of sulfonamides is 1. The van der Waals surface area contributed by atoms with Gasteiger partial charge in [-0.25, -0.2) is 8.42 Å². The van der Waals surface area contributed by atoms with E-state index in [1.807, 2.05) is 0 Å². The molecule has 9 nitrogen and oxygen atoms in total. The summed E-state index contributed by atoms with van der Waals surface area (Å²) in [5, 5.41) is 25.1. The van der Waals surface area contributed by atoms with E-state index in [4.69, 9.17) is 0 Å². The van der Waals surface area contributed by atoms with Crippen LogP contribution in [0.4, 0.5) is 11.4 Å². The molecular weight excluding hydrogens is 532 g/mol. The minimum Gasteiger partial charge on any atom is -0.506 e. The normalized spacial score (nSPS) is 11.9. The van der Waals surface area contributed by atoms with E-state index in [-0.39, 0.29) is 29.4 Å². The van der Waals surface area contributed by atoms with E-state index in [2.05, 4.69) is 42.4 Å². The van der Waals surface area contributed by atoms with Crippen LogP contribution in [0.5, 0.6) is 5.75 Å². The minimum atomic E-state index is -3.82. The quantitative estimate of drug-likeness (QED) is 0.287. The van der Waals surface area contributed by atoms with Gasteiger partial charge < -0.3 is 5.11 Å². The van der Waals surface area contributed by atoms with Crippen molar-refractivity contribution in [2.24, 2.45) is 5.10 Å². The second-order valence-corrected chi connectivity index (χ2v) is 9.38. The van der Waals surface area contributed by atoms with Gasteiger partial charge in [-0.3, -0.25) is 15.5 Å². The molecule has 0 fully saturated rings. The van der Waals surface area contributed by atoms with Crippen molar-refractivity contribution in [2.45, 2.75) is 18.7 Å². The van der Waals surface area contributed by atoms with Crippen LogP contribution in [0.15, 0.2) is 49.3 Å². The van der Waals surface area contributed by atoms with Gasteiger partial charge in [0.2, 0.25) is 10.0 Å². The summed E-state index contributed by atoms with van der Waals surface area (Å²) in [5.41, 5.74) is 2.80. The lowest BCUT2D eigenvalue weighted by Gasteiger charge is -2.18. The number of benzene rings is 2. The third-order valence-corrected chi connectivity index (χ3v) is 7.20. The molecule has 0 aromatic heterocycles. The van der Waals surface area contributed by atoms with Crippen molar-refractivity contribution in [1.29, 1.82) is 0 Å². The summed E-state index contributed by atoms with van der Waals surface area (Å²) in [6, 6.07) is 6.83. The summed E-state index contributed by atoms with van der Waals surface area (Å²) in [6.07, 6.45) is 1.40. The molecule has 2 aromatic carbocycles. The van der Waals surface area contributed by atoms with E-state index in [0.29, 0.717) is 14.5 Å². The van der Waals surface area contributed by atoms with E-state index >= 15 is 0 Å². The average molecular weight is 550 g/mol. The van der Waals surface area contributed by atoms with Crippen LogP contribution in [0.3, 0.4) is 0 Å². The van der Waals surface area contributed by atoms with Crippen LogP contribution < -0.4 is 5.43 Å². The van der Waals surface area contributed by atoms with Gasteiger partial charge in [-0.15, -0.1) is 0 Å². The highest BCUT2D eigenvalue weighted by Crippen LogP contribution is 2.33. The van der Waals surface area contributed by atoms with Gasteiger partial charge in [0.15, 0.2) is 0 Å². The van der Waals surface area contributed by atoms with Crippen molar-refractivity contribution in [1.82, 2.24) is 4.31 Å². The van der Waals surface area contributed by atoms with Crippen molar-refractivity contribution < 1.29 is 18.4 Å². The number of hydrogen-bond donors (Lipinski definition) is 2.